The molecule has 0 saturated carbocycles. The summed E-state index contributed by atoms with van der Waals surface area (Å²) < 4.78 is 15.5. The lowest BCUT2D eigenvalue weighted by atomic mass is 10.0. The van der Waals surface area contributed by atoms with Gasteiger partial charge in [0.05, 0.1) is 19.8 Å². The molecule has 0 aliphatic rings. The third-order valence-corrected chi connectivity index (χ3v) is 2.98. The Kier molecular flexibility index (Phi) is 6.81. The van der Waals surface area contributed by atoms with E-state index in [0.717, 1.165) is 11.3 Å². The molecule has 0 amide bonds. The summed E-state index contributed by atoms with van der Waals surface area (Å²) in [5.74, 6) is 0.651. The van der Waals surface area contributed by atoms with Crippen LogP contribution in [0, 0.1) is 5.92 Å². The molecule has 110 valence electrons. The predicted octanol–water partition coefficient (Wildman–Crippen LogP) is 2.92. The Bertz CT molecular complexity index is 436. The van der Waals surface area contributed by atoms with Crippen LogP contribution in [0.5, 0.6) is 5.75 Å². The van der Waals surface area contributed by atoms with Crippen LogP contribution in [0.15, 0.2) is 30.3 Å². The second-order valence-electron chi connectivity index (χ2n) is 4.61. The highest BCUT2D eigenvalue weighted by molar-refractivity contribution is 5.65. The van der Waals surface area contributed by atoms with Gasteiger partial charge in [-0.3, -0.25) is 4.79 Å². The van der Waals surface area contributed by atoms with Crippen LogP contribution in [-0.2, 0) is 14.3 Å². The number of hydrogen-bond acceptors (Lipinski definition) is 4. The maximum Gasteiger partial charge on any atom is 0.302 e. The van der Waals surface area contributed by atoms with Crippen LogP contribution in [0.1, 0.15) is 19.4 Å². The summed E-state index contributed by atoms with van der Waals surface area (Å²) in [6.45, 7) is 3.73. The first-order valence-corrected chi connectivity index (χ1v) is 6.55. The molecule has 4 heteroatoms. The molecule has 1 rings (SSSR count). The fraction of sp³-hybridized carbons (Fsp3) is 0.438. The molecule has 0 saturated heterocycles. The van der Waals surface area contributed by atoms with E-state index >= 15 is 0 Å². The lowest BCUT2D eigenvalue weighted by Gasteiger charge is -2.19. The van der Waals surface area contributed by atoms with E-state index in [2.05, 4.69) is 0 Å². The number of benzene rings is 1. The van der Waals surface area contributed by atoms with Crippen molar-refractivity contribution >= 4 is 12.0 Å². The molecule has 0 aliphatic heterocycles. The van der Waals surface area contributed by atoms with Crippen molar-refractivity contribution in [3.05, 3.63) is 35.9 Å². The first kappa shape index (κ1) is 16.2. The van der Waals surface area contributed by atoms with Crippen molar-refractivity contribution in [1.82, 2.24) is 0 Å². The minimum atomic E-state index is -0.272. The van der Waals surface area contributed by atoms with Gasteiger partial charge in [0, 0.05) is 20.0 Å². The Labute approximate surface area is 120 Å². The van der Waals surface area contributed by atoms with Crippen LogP contribution < -0.4 is 4.74 Å². The van der Waals surface area contributed by atoms with Gasteiger partial charge in [0.1, 0.15) is 5.75 Å². The first-order chi connectivity index (χ1) is 9.56. The molecule has 0 radical (unpaired) electrons. The zero-order chi connectivity index (χ0) is 15.0. The van der Waals surface area contributed by atoms with Crippen molar-refractivity contribution in [3.8, 4) is 5.75 Å². The summed E-state index contributed by atoms with van der Waals surface area (Å²) in [6.07, 6.45) is 3.85. The first-order valence-electron chi connectivity index (χ1n) is 6.55. The molecule has 0 bridgehead atoms. The topological polar surface area (TPSA) is 44.8 Å². The number of carbonyl (C=O) groups is 1. The van der Waals surface area contributed by atoms with E-state index in [1.54, 1.807) is 14.2 Å². The molecule has 4 nitrogen and oxygen atoms in total. The third-order valence-electron chi connectivity index (χ3n) is 2.98. The van der Waals surface area contributed by atoms with E-state index in [9.17, 15) is 4.79 Å². The highest BCUT2D eigenvalue weighted by Gasteiger charge is 2.14. The summed E-state index contributed by atoms with van der Waals surface area (Å²) in [7, 11) is 3.29. The predicted molar refractivity (Wildman–Crippen MR) is 78.6 cm³/mol. The molecular weight excluding hydrogens is 256 g/mol. The standard InChI is InChI=1S/C16H22O4/c1-12(11-20-13(2)17)16(19-4)10-7-14-5-8-15(18-3)9-6-14/h5-10,12,16H,11H2,1-4H3/b10-7+/t12-,16-/m1/s1. The van der Waals surface area contributed by atoms with Crippen molar-refractivity contribution < 1.29 is 19.0 Å². The summed E-state index contributed by atoms with van der Waals surface area (Å²) >= 11 is 0. The molecule has 20 heavy (non-hydrogen) atoms. The largest absolute Gasteiger partial charge is 0.497 e. The summed E-state index contributed by atoms with van der Waals surface area (Å²) in [6, 6.07) is 7.76. The second-order valence-corrected chi connectivity index (χ2v) is 4.61. The van der Waals surface area contributed by atoms with Crippen molar-refractivity contribution in [2.45, 2.75) is 20.0 Å². The number of esters is 1. The number of hydrogen-bond donors (Lipinski definition) is 0. The summed E-state index contributed by atoms with van der Waals surface area (Å²) in [5, 5.41) is 0. The van der Waals surface area contributed by atoms with Crippen molar-refractivity contribution in [2.24, 2.45) is 5.92 Å². The maximum atomic E-state index is 10.8. The lowest BCUT2D eigenvalue weighted by molar-refractivity contribution is -0.143. The van der Waals surface area contributed by atoms with Crippen molar-refractivity contribution in [3.63, 3.8) is 0 Å². The van der Waals surface area contributed by atoms with Crippen LogP contribution in [0.25, 0.3) is 6.08 Å². The number of methoxy groups -OCH3 is 2. The Balaban J connectivity index is 2.61. The normalized spacial score (nSPS) is 14.0. The zero-order valence-corrected chi connectivity index (χ0v) is 12.5. The van der Waals surface area contributed by atoms with Gasteiger partial charge in [-0.25, -0.2) is 0 Å². The SMILES string of the molecule is COc1ccc(/C=C/[C@@H](OC)[C@H](C)COC(C)=O)cc1. The molecule has 2 atom stereocenters. The van der Waals surface area contributed by atoms with E-state index in [4.69, 9.17) is 14.2 Å². The maximum absolute atomic E-state index is 10.8. The smallest absolute Gasteiger partial charge is 0.302 e. The van der Waals surface area contributed by atoms with Gasteiger partial charge in [0.15, 0.2) is 0 Å². The second kappa shape index (κ2) is 8.38. The monoisotopic (exact) mass is 278 g/mol. The van der Waals surface area contributed by atoms with Gasteiger partial charge in [-0.2, -0.15) is 0 Å². The highest BCUT2D eigenvalue weighted by Crippen LogP contribution is 2.15. The van der Waals surface area contributed by atoms with E-state index in [1.165, 1.54) is 6.92 Å². The van der Waals surface area contributed by atoms with Crippen LogP contribution in [0.4, 0.5) is 0 Å². The number of ether oxygens (including phenoxy) is 3. The van der Waals surface area contributed by atoms with Crippen molar-refractivity contribution in [1.29, 1.82) is 0 Å². The lowest BCUT2D eigenvalue weighted by Crippen LogP contribution is -2.23. The molecule has 0 fully saturated rings. The van der Waals surface area contributed by atoms with Gasteiger partial charge in [0.25, 0.3) is 0 Å². The molecule has 0 aliphatic carbocycles. The van der Waals surface area contributed by atoms with Gasteiger partial charge < -0.3 is 14.2 Å². The van der Waals surface area contributed by atoms with E-state index in [1.807, 2.05) is 43.3 Å². The van der Waals surface area contributed by atoms with Crippen LogP contribution >= 0.6 is 0 Å². The van der Waals surface area contributed by atoms with E-state index in [0.29, 0.717) is 6.61 Å². The number of carbonyl (C=O) groups excluding carboxylic acids is 1. The van der Waals surface area contributed by atoms with Gasteiger partial charge in [-0.15, -0.1) is 0 Å². The highest BCUT2D eigenvalue weighted by atomic mass is 16.5. The average Bonchev–Trinajstić information content (AvgIpc) is 2.46. The van der Waals surface area contributed by atoms with E-state index < -0.39 is 0 Å². The Morgan fingerprint density at radius 1 is 1.25 bits per heavy atom. The molecule has 0 spiro atoms. The van der Waals surface area contributed by atoms with Gasteiger partial charge >= 0.3 is 5.97 Å². The Morgan fingerprint density at radius 3 is 2.40 bits per heavy atom. The van der Waals surface area contributed by atoms with Gasteiger partial charge in [-0.05, 0) is 17.7 Å². The summed E-state index contributed by atoms with van der Waals surface area (Å²) in [5.41, 5.74) is 1.06. The molecule has 0 heterocycles. The van der Waals surface area contributed by atoms with Gasteiger partial charge in [-0.1, -0.05) is 31.2 Å². The Hall–Kier alpha value is -1.81. The molecule has 0 unspecified atom stereocenters. The molecule has 1 aromatic rings. The molecule has 0 aromatic heterocycles. The quantitative estimate of drug-likeness (QED) is 0.719. The zero-order valence-electron chi connectivity index (χ0n) is 12.5. The molecule has 0 N–H and O–H groups in total. The fourth-order valence-corrected chi connectivity index (χ4v) is 1.77. The average molecular weight is 278 g/mol. The van der Waals surface area contributed by atoms with Crippen LogP contribution in [0.2, 0.25) is 0 Å². The minimum absolute atomic E-state index is 0.0957. The van der Waals surface area contributed by atoms with Crippen LogP contribution in [0.3, 0.4) is 0 Å². The Morgan fingerprint density at radius 2 is 1.90 bits per heavy atom. The summed E-state index contributed by atoms with van der Waals surface area (Å²) in [4.78, 5) is 10.8. The number of rotatable bonds is 7. The van der Waals surface area contributed by atoms with Gasteiger partial charge in [0.2, 0.25) is 0 Å². The van der Waals surface area contributed by atoms with Crippen molar-refractivity contribution in [2.75, 3.05) is 20.8 Å². The fourth-order valence-electron chi connectivity index (χ4n) is 1.77. The van der Waals surface area contributed by atoms with Crippen LogP contribution in [-0.4, -0.2) is 32.9 Å². The third kappa shape index (κ3) is 5.45. The minimum Gasteiger partial charge on any atom is -0.497 e. The molecule has 1 aromatic carbocycles. The van der Waals surface area contributed by atoms with E-state index in [-0.39, 0.29) is 18.0 Å². The molecular formula is C16H22O4.